The molecule has 0 aliphatic heterocycles. The highest BCUT2D eigenvalue weighted by Gasteiger charge is 2.22. The number of benzene rings is 2. The molecule has 1 N–H and O–H groups in total. The van der Waals surface area contributed by atoms with Gasteiger partial charge in [0.15, 0.2) is 4.90 Å². The standard InChI is InChI=1S/C24H22FN3O2S/c1-26-13-17-10-24(22-8-3-4-9-23(22)25)28(16-17)31(29)21-7-5-6-18(12-21)19-11-20(30-2)15-27-14-19/h3-12,14-16,26H,13H2,1-2H3. The van der Waals surface area contributed by atoms with Crippen molar-refractivity contribution in [1.82, 2.24) is 14.3 Å². The zero-order chi connectivity index (χ0) is 21.8. The Morgan fingerprint density at radius 3 is 2.68 bits per heavy atom. The third-order valence-corrected chi connectivity index (χ3v) is 6.19. The molecular weight excluding hydrogens is 413 g/mol. The topological polar surface area (TPSA) is 62.1 Å². The van der Waals surface area contributed by atoms with Crippen molar-refractivity contribution in [3.05, 3.63) is 90.6 Å². The lowest BCUT2D eigenvalue weighted by molar-refractivity contribution is 0.413. The van der Waals surface area contributed by atoms with Crippen LogP contribution in [0.2, 0.25) is 0 Å². The number of rotatable bonds is 7. The Bertz CT molecular complexity index is 1190. The van der Waals surface area contributed by atoms with E-state index in [1.165, 1.54) is 6.07 Å². The van der Waals surface area contributed by atoms with Gasteiger partial charge in [0.1, 0.15) is 28.6 Å². The Kier molecular flexibility index (Phi) is 6.36. The second-order valence-electron chi connectivity index (χ2n) is 6.96. The van der Waals surface area contributed by atoms with Crippen LogP contribution in [0.3, 0.4) is 0 Å². The van der Waals surface area contributed by atoms with Crippen molar-refractivity contribution in [2.45, 2.75) is 11.4 Å². The normalized spacial score (nSPS) is 12.0. The minimum Gasteiger partial charge on any atom is -0.587 e. The van der Waals surface area contributed by atoms with Gasteiger partial charge in [0, 0.05) is 29.9 Å². The van der Waals surface area contributed by atoms with Crippen molar-refractivity contribution in [2.75, 3.05) is 14.2 Å². The summed E-state index contributed by atoms with van der Waals surface area (Å²) in [4.78, 5) is 4.80. The van der Waals surface area contributed by atoms with Gasteiger partial charge in [-0.2, -0.15) is 3.97 Å². The predicted molar refractivity (Wildman–Crippen MR) is 121 cm³/mol. The summed E-state index contributed by atoms with van der Waals surface area (Å²) in [5.41, 5.74) is 3.62. The largest absolute Gasteiger partial charge is 0.587 e. The van der Waals surface area contributed by atoms with Gasteiger partial charge < -0.3 is 14.6 Å². The van der Waals surface area contributed by atoms with Crippen LogP contribution in [-0.2, 0) is 17.9 Å². The van der Waals surface area contributed by atoms with Crippen molar-refractivity contribution < 1.29 is 13.7 Å². The van der Waals surface area contributed by atoms with Crippen LogP contribution < -0.4 is 10.1 Å². The maximum atomic E-state index is 14.5. The third kappa shape index (κ3) is 4.49. The summed E-state index contributed by atoms with van der Waals surface area (Å²) in [6.45, 7) is 0.584. The molecule has 4 aromatic rings. The van der Waals surface area contributed by atoms with Crippen molar-refractivity contribution in [3.63, 3.8) is 0 Å². The average Bonchev–Trinajstić information content (AvgIpc) is 3.23. The highest BCUT2D eigenvalue weighted by molar-refractivity contribution is 7.90. The zero-order valence-electron chi connectivity index (χ0n) is 17.2. The smallest absolute Gasteiger partial charge is 0.181 e. The number of hydrogen-bond acceptors (Lipinski definition) is 4. The molecule has 7 heteroatoms. The molecule has 0 spiro atoms. The van der Waals surface area contributed by atoms with E-state index in [2.05, 4.69) is 10.3 Å². The monoisotopic (exact) mass is 435 g/mol. The van der Waals surface area contributed by atoms with Gasteiger partial charge in [0.25, 0.3) is 0 Å². The molecule has 0 amide bonds. The number of aromatic nitrogens is 2. The highest BCUT2D eigenvalue weighted by atomic mass is 32.2. The van der Waals surface area contributed by atoms with Crippen LogP contribution in [0.1, 0.15) is 5.56 Å². The van der Waals surface area contributed by atoms with Crippen molar-refractivity contribution in [1.29, 1.82) is 0 Å². The molecule has 0 fully saturated rings. The predicted octanol–water partition coefficient (Wildman–Crippen LogP) is 4.66. The van der Waals surface area contributed by atoms with Crippen molar-refractivity contribution in [2.24, 2.45) is 0 Å². The van der Waals surface area contributed by atoms with Gasteiger partial charge in [0.2, 0.25) is 0 Å². The van der Waals surface area contributed by atoms with Crippen LogP contribution in [-0.4, -0.2) is 27.7 Å². The summed E-state index contributed by atoms with van der Waals surface area (Å²) in [6.07, 6.45) is 5.17. The van der Waals surface area contributed by atoms with Gasteiger partial charge in [-0.25, -0.2) is 4.39 Å². The van der Waals surface area contributed by atoms with Gasteiger partial charge in [-0.3, -0.25) is 4.98 Å². The number of methoxy groups -OCH3 is 1. The molecule has 2 aromatic carbocycles. The molecule has 31 heavy (non-hydrogen) atoms. The number of nitrogens with one attached hydrogen (secondary N) is 1. The van der Waals surface area contributed by atoms with E-state index in [-0.39, 0.29) is 5.82 Å². The van der Waals surface area contributed by atoms with Crippen LogP contribution in [0.5, 0.6) is 5.75 Å². The Morgan fingerprint density at radius 1 is 1.06 bits per heavy atom. The van der Waals surface area contributed by atoms with Gasteiger partial charge in [-0.1, -0.05) is 24.3 Å². The van der Waals surface area contributed by atoms with Gasteiger partial charge in [0.05, 0.1) is 19.5 Å². The lowest BCUT2D eigenvalue weighted by Gasteiger charge is -2.15. The molecule has 0 saturated heterocycles. The molecule has 0 aliphatic carbocycles. The van der Waals surface area contributed by atoms with Gasteiger partial charge >= 0.3 is 0 Å². The fourth-order valence-corrected chi connectivity index (χ4v) is 4.60. The molecule has 2 heterocycles. The molecule has 1 atom stereocenters. The van der Waals surface area contributed by atoms with Crippen LogP contribution in [0.4, 0.5) is 4.39 Å². The van der Waals surface area contributed by atoms with Crippen LogP contribution in [0, 0.1) is 5.82 Å². The fourth-order valence-electron chi connectivity index (χ4n) is 3.39. The minimum absolute atomic E-state index is 0.355. The Morgan fingerprint density at radius 2 is 1.90 bits per heavy atom. The molecule has 1 unspecified atom stereocenters. The van der Waals surface area contributed by atoms with Crippen LogP contribution >= 0.6 is 0 Å². The second-order valence-corrected chi connectivity index (χ2v) is 8.32. The number of ether oxygens (including phenoxy) is 1. The quantitative estimate of drug-likeness (QED) is 0.429. The molecule has 0 radical (unpaired) electrons. The van der Waals surface area contributed by atoms with E-state index in [4.69, 9.17) is 4.74 Å². The molecule has 0 saturated carbocycles. The second kappa shape index (κ2) is 9.34. The summed E-state index contributed by atoms with van der Waals surface area (Å²) in [6, 6.07) is 17.7. The van der Waals surface area contributed by atoms with Crippen molar-refractivity contribution in [3.8, 4) is 28.1 Å². The summed E-state index contributed by atoms with van der Waals surface area (Å²) < 4.78 is 35.0. The molecule has 2 aromatic heterocycles. The maximum absolute atomic E-state index is 14.5. The molecule has 5 nitrogen and oxygen atoms in total. The lowest BCUT2D eigenvalue weighted by Crippen LogP contribution is -2.14. The van der Waals surface area contributed by atoms with E-state index in [0.717, 1.165) is 16.7 Å². The highest BCUT2D eigenvalue weighted by Crippen LogP contribution is 2.31. The summed E-state index contributed by atoms with van der Waals surface area (Å²) >= 11 is -1.57. The van der Waals surface area contributed by atoms with Crippen LogP contribution in [0.25, 0.3) is 22.4 Å². The lowest BCUT2D eigenvalue weighted by atomic mass is 10.1. The van der Waals surface area contributed by atoms with Crippen molar-refractivity contribution >= 4 is 11.4 Å². The number of halogens is 1. The first-order chi connectivity index (χ1) is 15.1. The first kappa shape index (κ1) is 21.1. The Hall–Kier alpha value is -3.13. The zero-order valence-corrected chi connectivity index (χ0v) is 18.0. The first-order valence-electron chi connectivity index (χ1n) is 9.73. The average molecular weight is 436 g/mol. The first-order valence-corrected chi connectivity index (χ1v) is 10.8. The number of hydrogen-bond donors (Lipinski definition) is 1. The minimum atomic E-state index is -1.57. The molecular formula is C24H22FN3O2S. The summed E-state index contributed by atoms with van der Waals surface area (Å²) in [5.74, 6) is 0.291. The Labute approximate surface area is 183 Å². The third-order valence-electron chi connectivity index (χ3n) is 4.87. The summed E-state index contributed by atoms with van der Waals surface area (Å²) in [7, 11) is 3.42. The van der Waals surface area contributed by atoms with Gasteiger partial charge in [-0.05, 0) is 48.5 Å². The van der Waals surface area contributed by atoms with Crippen LogP contribution in [0.15, 0.2) is 84.1 Å². The fraction of sp³-hybridized carbons (Fsp3) is 0.125. The SMILES string of the molecule is CNCc1cc(-c2ccccc2F)n([S+]([O-])c2cccc(-c3cncc(OC)c3)c2)c1. The molecule has 4 rings (SSSR count). The van der Waals surface area contributed by atoms with E-state index in [0.29, 0.717) is 28.4 Å². The number of nitrogens with zero attached hydrogens (tertiary/aromatic N) is 2. The summed E-state index contributed by atoms with van der Waals surface area (Å²) in [5, 5.41) is 3.09. The van der Waals surface area contributed by atoms with Gasteiger partial charge in [-0.15, -0.1) is 0 Å². The molecule has 158 valence electrons. The Balaban J connectivity index is 1.76. The van der Waals surface area contributed by atoms with E-state index < -0.39 is 11.4 Å². The molecule has 0 aliphatic rings. The van der Waals surface area contributed by atoms with E-state index in [9.17, 15) is 8.94 Å². The van der Waals surface area contributed by atoms with E-state index in [1.54, 1.807) is 53.9 Å². The number of pyridine rings is 1. The maximum Gasteiger partial charge on any atom is 0.181 e. The van der Waals surface area contributed by atoms with E-state index in [1.807, 2.05) is 37.4 Å². The molecule has 0 bridgehead atoms. The van der Waals surface area contributed by atoms with E-state index >= 15 is 0 Å².